The maximum atomic E-state index is 5.25. The number of aromatic nitrogens is 4. The number of hydrogen-bond donors (Lipinski definition) is 1. The van der Waals surface area contributed by atoms with Gasteiger partial charge in [-0.3, -0.25) is 0 Å². The highest BCUT2D eigenvalue weighted by molar-refractivity contribution is 4.97. The summed E-state index contributed by atoms with van der Waals surface area (Å²) in [5, 5.41) is 7.30. The molecule has 1 N–H and O–H groups in total. The minimum atomic E-state index is 0.283. The van der Waals surface area contributed by atoms with E-state index in [0.717, 1.165) is 31.2 Å². The minimum absolute atomic E-state index is 0.283. The maximum absolute atomic E-state index is 5.25. The van der Waals surface area contributed by atoms with Gasteiger partial charge in [-0.25, -0.2) is 4.98 Å². The van der Waals surface area contributed by atoms with Gasteiger partial charge in [0.1, 0.15) is 12.4 Å². The summed E-state index contributed by atoms with van der Waals surface area (Å²) in [7, 11) is 0. The average Bonchev–Trinajstić information content (AvgIpc) is 3.00. The van der Waals surface area contributed by atoms with Gasteiger partial charge >= 0.3 is 0 Å². The van der Waals surface area contributed by atoms with Crippen LogP contribution in [0.5, 0.6) is 0 Å². The van der Waals surface area contributed by atoms with Crippen molar-refractivity contribution in [2.75, 3.05) is 6.54 Å². The Kier molecular flexibility index (Phi) is 4.68. The van der Waals surface area contributed by atoms with Crippen LogP contribution in [0.15, 0.2) is 16.9 Å². The lowest BCUT2D eigenvalue weighted by Crippen LogP contribution is -2.18. The highest BCUT2D eigenvalue weighted by Crippen LogP contribution is 2.11. The van der Waals surface area contributed by atoms with Gasteiger partial charge in [-0.15, -0.1) is 0 Å². The Labute approximate surface area is 113 Å². The molecule has 0 aliphatic heterocycles. The van der Waals surface area contributed by atoms with Crippen LogP contribution in [-0.2, 0) is 13.1 Å². The molecule has 2 aromatic heterocycles. The van der Waals surface area contributed by atoms with E-state index in [1.807, 2.05) is 24.6 Å². The summed E-state index contributed by atoms with van der Waals surface area (Å²) in [5.74, 6) is 2.64. The fourth-order valence-corrected chi connectivity index (χ4v) is 1.74. The summed E-state index contributed by atoms with van der Waals surface area (Å²) in [6, 6.07) is 0. The average molecular weight is 263 g/mol. The Morgan fingerprint density at radius 1 is 1.42 bits per heavy atom. The van der Waals surface area contributed by atoms with Crippen LogP contribution in [0.3, 0.4) is 0 Å². The second-order valence-electron chi connectivity index (χ2n) is 4.85. The highest BCUT2D eigenvalue weighted by atomic mass is 16.5. The molecule has 0 fully saturated rings. The molecule has 2 heterocycles. The molecular formula is C13H21N5O. The monoisotopic (exact) mass is 263 g/mol. The molecule has 0 radical (unpaired) electrons. The third-order valence-corrected chi connectivity index (χ3v) is 2.82. The smallest absolute Gasteiger partial charge is 0.246 e. The third-order valence-electron chi connectivity index (χ3n) is 2.82. The van der Waals surface area contributed by atoms with E-state index in [4.69, 9.17) is 4.52 Å². The number of nitrogens with one attached hydrogen (secondary N) is 1. The molecule has 0 aromatic carbocycles. The van der Waals surface area contributed by atoms with Crippen molar-refractivity contribution in [1.29, 1.82) is 0 Å². The molecule has 0 saturated carbocycles. The first-order valence-electron chi connectivity index (χ1n) is 6.74. The summed E-state index contributed by atoms with van der Waals surface area (Å²) < 4.78 is 7.28. The second-order valence-corrected chi connectivity index (χ2v) is 4.85. The first-order valence-corrected chi connectivity index (χ1v) is 6.74. The van der Waals surface area contributed by atoms with Crippen molar-refractivity contribution in [2.45, 2.75) is 46.2 Å². The summed E-state index contributed by atoms with van der Waals surface area (Å²) >= 11 is 0. The first kappa shape index (κ1) is 13.7. The highest BCUT2D eigenvalue weighted by Gasteiger charge is 2.11. The standard InChI is InChI=1S/C13H21N5O/c1-4-5-14-8-11-15-6-7-18(11)9-12-16-13(10(2)3)17-19-12/h6-7,10,14H,4-5,8-9H2,1-3H3. The molecule has 104 valence electrons. The zero-order valence-electron chi connectivity index (χ0n) is 11.8. The van der Waals surface area contributed by atoms with E-state index in [1.54, 1.807) is 6.20 Å². The van der Waals surface area contributed by atoms with E-state index in [0.29, 0.717) is 12.4 Å². The van der Waals surface area contributed by atoms with Crippen molar-refractivity contribution < 1.29 is 4.52 Å². The molecule has 0 atom stereocenters. The van der Waals surface area contributed by atoms with Crippen LogP contribution < -0.4 is 5.32 Å². The van der Waals surface area contributed by atoms with Crippen molar-refractivity contribution in [1.82, 2.24) is 25.0 Å². The van der Waals surface area contributed by atoms with Gasteiger partial charge in [0, 0.05) is 18.3 Å². The molecule has 2 aromatic rings. The molecule has 0 amide bonds. The van der Waals surface area contributed by atoms with Crippen LogP contribution in [0.25, 0.3) is 0 Å². The topological polar surface area (TPSA) is 68.8 Å². The molecule has 0 unspecified atom stereocenters. The molecule has 0 saturated heterocycles. The van der Waals surface area contributed by atoms with Gasteiger partial charge in [-0.05, 0) is 13.0 Å². The maximum Gasteiger partial charge on any atom is 0.246 e. The van der Waals surface area contributed by atoms with E-state index >= 15 is 0 Å². The Hall–Kier alpha value is -1.69. The second kappa shape index (κ2) is 6.47. The number of hydrogen-bond acceptors (Lipinski definition) is 5. The molecule has 0 bridgehead atoms. The molecule has 6 heteroatoms. The van der Waals surface area contributed by atoms with E-state index in [9.17, 15) is 0 Å². The van der Waals surface area contributed by atoms with Gasteiger partial charge < -0.3 is 14.4 Å². The van der Waals surface area contributed by atoms with E-state index in [-0.39, 0.29) is 5.92 Å². The lowest BCUT2D eigenvalue weighted by Gasteiger charge is -2.05. The van der Waals surface area contributed by atoms with Crippen molar-refractivity contribution >= 4 is 0 Å². The molecule has 2 rings (SSSR count). The summed E-state index contributed by atoms with van der Waals surface area (Å²) in [6.45, 7) is 8.56. The molecular weight excluding hydrogens is 242 g/mol. The van der Waals surface area contributed by atoms with E-state index in [2.05, 4.69) is 27.4 Å². The predicted octanol–water partition coefficient (Wildman–Crippen LogP) is 1.94. The molecule has 0 aliphatic rings. The van der Waals surface area contributed by atoms with Crippen LogP contribution >= 0.6 is 0 Å². The lowest BCUT2D eigenvalue weighted by molar-refractivity contribution is 0.362. The largest absolute Gasteiger partial charge is 0.337 e. The van der Waals surface area contributed by atoms with Crippen molar-refractivity contribution in [3.8, 4) is 0 Å². The Balaban J connectivity index is 2.00. The molecule has 0 aliphatic carbocycles. The molecule has 6 nitrogen and oxygen atoms in total. The molecule has 19 heavy (non-hydrogen) atoms. The van der Waals surface area contributed by atoms with Crippen LogP contribution in [-0.4, -0.2) is 26.2 Å². The quantitative estimate of drug-likeness (QED) is 0.773. The normalized spacial score (nSPS) is 11.4. The van der Waals surface area contributed by atoms with Gasteiger partial charge in [-0.2, -0.15) is 4.98 Å². The fraction of sp³-hybridized carbons (Fsp3) is 0.615. The van der Waals surface area contributed by atoms with Gasteiger partial charge in [0.15, 0.2) is 5.82 Å². The van der Waals surface area contributed by atoms with Gasteiger partial charge in [0.25, 0.3) is 0 Å². The van der Waals surface area contributed by atoms with Gasteiger partial charge in [-0.1, -0.05) is 25.9 Å². The van der Waals surface area contributed by atoms with Gasteiger partial charge in [0.05, 0.1) is 6.54 Å². The van der Waals surface area contributed by atoms with Gasteiger partial charge in [0.2, 0.25) is 5.89 Å². The zero-order chi connectivity index (χ0) is 13.7. The zero-order valence-corrected chi connectivity index (χ0v) is 11.8. The van der Waals surface area contributed by atoms with Crippen molar-refractivity contribution in [3.63, 3.8) is 0 Å². The van der Waals surface area contributed by atoms with Crippen LogP contribution in [0.2, 0.25) is 0 Å². The van der Waals surface area contributed by atoms with Crippen LogP contribution in [0.4, 0.5) is 0 Å². The van der Waals surface area contributed by atoms with Crippen LogP contribution in [0.1, 0.15) is 50.6 Å². The van der Waals surface area contributed by atoms with E-state index in [1.165, 1.54) is 0 Å². The summed E-state index contributed by atoms with van der Waals surface area (Å²) in [6.07, 6.45) is 4.84. The predicted molar refractivity (Wildman–Crippen MR) is 71.7 cm³/mol. The van der Waals surface area contributed by atoms with Crippen LogP contribution in [0, 0.1) is 0 Å². The first-order chi connectivity index (χ1) is 9.20. The van der Waals surface area contributed by atoms with Crippen molar-refractivity contribution in [2.24, 2.45) is 0 Å². The number of imidazole rings is 1. The Bertz CT molecular complexity index is 503. The lowest BCUT2D eigenvalue weighted by atomic mass is 10.2. The fourth-order valence-electron chi connectivity index (χ4n) is 1.74. The molecule has 0 spiro atoms. The Morgan fingerprint density at radius 3 is 2.95 bits per heavy atom. The van der Waals surface area contributed by atoms with Crippen molar-refractivity contribution in [3.05, 3.63) is 29.9 Å². The van der Waals surface area contributed by atoms with E-state index < -0.39 is 0 Å². The SMILES string of the molecule is CCCNCc1nccn1Cc1nc(C(C)C)no1. The number of rotatable bonds is 7. The summed E-state index contributed by atoms with van der Waals surface area (Å²) in [4.78, 5) is 8.71. The summed E-state index contributed by atoms with van der Waals surface area (Å²) in [5.41, 5.74) is 0. The third kappa shape index (κ3) is 3.64. The minimum Gasteiger partial charge on any atom is -0.337 e. The Morgan fingerprint density at radius 2 is 2.26 bits per heavy atom. The number of nitrogens with zero attached hydrogens (tertiary/aromatic N) is 4.